The maximum absolute atomic E-state index is 11.6. The lowest BCUT2D eigenvalue weighted by molar-refractivity contribution is -0.137. The number of amides is 1. The van der Waals surface area contributed by atoms with Crippen molar-refractivity contribution in [1.82, 2.24) is 5.32 Å². The number of rotatable bonds is 8. The first kappa shape index (κ1) is 14.9. The summed E-state index contributed by atoms with van der Waals surface area (Å²) in [5.41, 5.74) is 4.94. The van der Waals surface area contributed by atoms with E-state index < -0.39 is 11.4 Å². The van der Waals surface area contributed by atoms with Crippen LogP contribution in [0.3, 0.4) is 0 Å². The minimum absolute atomic E-state index is 0.0479. The number of hydrogen-bond acceptors (Lipinski definition) is 3. The van der Waals surface area contributed by atoms with Gasteiger partial charge in [-0.15, -0.1) is 0 Å². The van der Waals surface area contributed by atoms with Crippen LogP contribution in [0.4, 0.5) is 0 Å². The van der Waals surface area contributed by atoms with Gasteiger partial charge in [-0.25, -0.2) is 0 Å². The summed E-state index contributed by atoms with van der Waals surface area (Å²) >= 11 is 0. The predicted octanol–water partition coefficient (Wildman–Crippen LogP) is 0.733. The predicted molar refractivity (Wildman–Crippen MR) is 61.9 cm³/mol. The van der Waals surface area contributed by atoms with Gasteiger partial charge in [0.2, 0.25) is 5.91 Å². The Labute approximate surface area is 96.4 Å². The van der Waals surface area contributed by atoms with Crippen LogP contribution >= 0.6 is 0 Å². The summed E-state index contributed by atoms with van der Waals surface area (Å²) < 4.78 is 0. The molecule has 4 N–H and O–H groups in total. The Balaban J connectivity index is 3.52. The molecule has 5 nitrogen and oxygen atoms in total. The highest BCUT2D eigenvalue weighted by Crippen LogP contribution is 2.12. The quantitative estimate of drug-likeness (QED) is 0.536. The summed E-state index contributed by atoms with van der Waals surface area (Å²) in [6, 6.07) is 0. The number of aliphatic carboxylic acids is 1. The van der Waals surface area contributed by atoms with E-state index in [1.807, 2.05) is 0 Å². The van der Waals surface area contributed by atoms with Gasteiger partial charge in [-0.1, -0.05) is 6.42 Å². The van der Waals surface area contributed by atoms with Crippen molar-refractivity contribution in [3.05, 3.63) is 0 Å². The fourth-order valence-electron chi connectivity index (χ4n) is 1.11. The second kappa shape index (κ2) is 7.22. The molecule has 0 aromatic rings. The molecule has 0 bridgehead atoms. The molecule has 5 heteroatoms. The van der Waals surface area contributed by atoms with E-state index in [1.165, 1.54) is 0 Å². The Bertz CT molecular complexity index is 239. The van der Waals surface area contributed by atoms with Crippen LogP contribution in [0.2, 0.25) is 0 Å². The van der Waals surface area contributed by atoms with Crippen LogP contribution in [0.25, 0.3) is 0 Å². The Morgan fingerprint density at radius 3 is 2.38 bits per heavy atom. The first-order chi connectivity index (χ1) is 7.40. The second-order valence-electron chi connectivity index (χ2n) is 4.55. The van der Waals surface area contributed by atoms with E-state index >= 15 is 0 Å². The Morgan fingerprint density at radius 1 is 1.25 bits per heavy atom. The van der Waals surface area contributed by atoms with Gasteiger partial charge in [0.25, 0.3) is 0 Å². The highest BCUT2D eigenvalue weighted by atomic mass is 16.4. The van der Waals surface area contributed by atoms with E-state index in [1.54, 1.807) is 13.8 Å². The lowest BCUT2D eigenvalue weighted by Crippen LogP contribution is -2.42. The molecule has 0 rings (SSSR count). The van der Waals surface area contributed by atoms with Crippen LogP contribution < -0.4 is 11.1 Å². The first-order valence-electron chi connectivity index (χ1n) is 5.60. The maximum atomic E-state index is 11.6. The molecule has 0 aliphatic rings. The van der Waals surface area contributed by atoms with E-state index in [2.05, 4.69) is 5.32 Å². The number of carboxylic acids is 1. The van der Waals surface area contributed by atoms with Crippen molar-refractivity contribution >= 4 is 11.9 Å². The fraction of sp³-hybridized carbons (Fsp3) is 0.818. The zero-order chi connectivity index (χ0) is 12.6. The van der Waals surface area contributed by atoms with Crippen LogP contribution in [-0.4, -0.2) is 30.1 Å². The lowest BCUT2D eigenvalue weighted by Gasteiger charge is -2.21. The van der Waals surface area contributed by atoms with Gasteiger partial charge in [-0.3, -0.25) is 9.59 Å². The van der Waals surface area contributed by atoms with Crippen molar-refractivity contribution in [2.45, 2.75) is 39.5 Å². The van der Waals surface area contributed by atoms with E-state index in [9.17, 15) is 9.59 Å². The number of carbonyl (C=O) groups excluding carboxylic acids is 1. The van der Waals surface area contributed by atoms with E-state index in [-0.39, 0.29) is 12.3 Å². The molecule has 0 unspecified atom stereocenters. The molecule has 0 aliphatic carbocycles. The number of carbonyl (C=O) groups is 2. The molecule has 0 spiro atoms. The normalized spacial score (nSPS) is 11.2. The van der Waals surface area contributed by atoms with Gasteiger partial charge in [0.05, 0.1) is 5.41 Å². The SMILES string of the molecule is CC(C)(CN)C(=O)NCCCCCC(=O)O. The van der Waals surface area contributed by atoms with Gasteiger partial charge in [0, 0.05) is 19.5 Å². The number of nitrogens with one attached hydrogen (secondary N) is 1. The summed E-state index contributed by atoms with van der Waals surface area (Å²) in [5, 5.41) is 11.2. The topological polar surface area (TPSA) is 92.4 Å². The van der Waals surface area contributed by atoms with Gasteiger partial charge in [0.15, 0.2) is 0 Å². The smallest absolute Gasteiger partial charge is 0.303 e. The summed E-state index contributed by atoms with van der Waals surface area (Å²) in [6.07, 6.45) is 2.48. The largest absolute Gasteiger partial charge is 0.481 e. The fourth-order valence-corrected chi connectivity index (χ4v) is 1.11. The highest BCUT2D eigenvalue weighted by molar-refractivity contribution is 5.81. The molecule has 0 heterocycles. The lowest BCUT2D eigenvalue weighted by atomic mass is 9.93. The molecule has 94 valence electrons. The second-order valence-corrected chi connectivity index (χ2v) is 4.55. The van der Waals surface area contributed by atoms with Crippen molar-refractivity contribution in [1.29, 1.82) is 0 Å². The number of carboxylic acid groups (broad SMARTS) is 1. The third kappa shape index (κ3) is 6.40. The van der Waals surface area contributed by atoms with Crippen molar-refractivity contribution < 1.29 is 14.7 Å². The van der Waals surface area contributed by atoms with Crippen LogP contribution in [0.15, 0.2) is 0 Å². The third-order valence-corrected chi connectivity index (χ3v) is 2.48. The monoisotopic (exact) mass is 230 g/mol. The van der Waals surface area contributed by atoms with E-state index in [4.69, 9.17) is 10.8 Å². The van der Waals surface area contributed by atoms with E-state index in [0.717, 1.165) is 12.8 Å². The standard InChI is InChI=1S/C11H22N2O3/c1-11(2,8-12)10(16)13-7-5-3-4-6-9(14)15/h3-8,12H2,1-2H3,(H,13,16)(H,14,15). The third-order valence-electron chi connectivity index (χ3n) is 2.48. The molecule has 16 heavy (non-hydrogen) atoms. The molecular formula is C11H22N2O3. The summed E-state index contributed by atoms with van der Waals surface area (Å²) in [6.45, 7) is 4.50. The van der Waals surface area contributed by atoms with Gasteiger partial charge in [-0.05, 0) is 26.7 Å². The van der Waals surface area contributed by atoms with Crippen molar-refractivity contribution in [3.8, 4) is 0 Å². The number of hydrogen-bond donors (Lipinski definition) is 3. The Hall–Kier alpha value is -1.10. The van der Waals surface area contributed by atoms with Gasteiger partial charge < -0.3 is 16.2 Å². The average molecular weight is 230 g/mol. The van der Waals surface area contributed by atoms with Gasteiger partial charge in [0.1, 0.15) is 0 Å². The van der Waals surface area contributed by atoms with Crippen LogP contribution in [0, 0.1) is 5.41 Å². The summed E-state index contributed by atoms with van der Waals surface area (Å²) in [4.78, 5) is 21.8. The first-order valence-corrected chi connectivity index (χ1v) is 5.60. The zero-order valence-electron chi connectivity index (χ0n) is 10.1. The van der Waals surface area contributed by atoms with E-state index in [0.29, 0.717) is 19.5 Å². The van der Waals surface area contributed by atoms with Gasteiger partial charge in [-0.2, -0.15) is 0 Å². The molecule has 0 saturated carbocycles. The molecule has 0 aromatic heterocycles. The van der Waals surface area contributed by atoms with Crippen LogP contribution in [0.5, 0.6) is 0 Å². The van der Waals surface area contributed by atoms with Crippen molar-refractivity contribution in [2.75, 3.05) is 13.1 Å². The molecule has 0 saturated heterocycles. The molecule has 1 amide bonds. The summed E-state index contributed by atoms with van der Waals surface area (Å²) in [7, 11) is 0. The maximum Gasteiger partial charge on any atom is 0.303 e. The average Bonchev–Trinajstić information content (AvgIpc) is 2.22. The van der Waals surface area contributed by atoms with Crippen molar-refractivity contribution in [2.24, 2.45) is 11.1 Å². The number of nitrogens with two attached hydrogens (primary N) is 1. The molecule has 0 atom stereocenters. The number of unbranched alkanes of at least 4 members (excludes halogenated alkanes) is 2. The van der Waals surface area contributed by atoms with Crippen molar-refractivity contribution in [3.63, 3.8) is 0 Å². The Morgan fingerprint density at radius 2 is 1.88 bits per heavy atom. The molecular weight excluding hydrogens is 208 g/mol. The molecule has 0 radical (unpaired) electrons. The van der Waals surface area contributed by atoms with Crippen LogP contribution in [0.1, 0.15) is 39.5 Å². The minimum Gasteiger partial charge on any atom is -0.481 e. The molecule has 0 fully saturated rings. The molecule has 0 aromatic carbocycles. The highest BCUT2D eigenvalue weighted by Gasteiger charge is 2.24. The Kier molecular flexibility index (Phi) is 6.72. The minimum atomic E-state index is -0.770. The van der Waals surface area contributed by atoms with Gasteiger partial charge >= 0.3 is 5.97 Å². The zero-order valence-corrected chi connectivity index (χ0v) is 10.1. The molecule has 0 aliphatic heterocycles. The van der Waals surface area contributed by atoms with Crippen LogP contribution in [-0.2, 0) is 9.59 Å². The summed E-state index contributed by atoms with van der Waals surface area (Å²) in [5.74, 6) is -0.818.